The van der Waals surface area contributed by atoms with Crippen molar-refractivity contribution in [3.63, 3.8) is 0 Å². The predicted octanol–water partition coefficient (Wildman–Crippen LogP) is 5.67. The van der Waals surface area contributed by atoms with E-state index in [-0.39, 0.29) is 58.6 Å². The Balaban J connectivity index is 1.36. The van der Waals surface area contributed by atoms with Crippen LogP contribution in [0.3, 0.4) is 0 Å². The molecule has 3 atom stereocenters. The second kappa shape index (κ2) is 10.9. The van der Waals surface area contributed by atoms with E-state index in [0.29, 0.717) is 60.6 Å². The number of phenols is 1. The molecule has 3 fully saturated rings. The fourth-order valence-corrected chi connectivity index (χ4v) is 7.99. The monoisotopic (exact) mass is 630 g/mol. The number of aromatic nitrogens is 2. The molecular weight excluding hydrogens is 597 g/mol. The SMILES string of the molecule is C#Cc1c(F)ccc2cc(O)cc(-c3c(C)c4c5c(nc(OC[C@@]67CCCN6C[C@H](F)C7)nc5c3F)N3CCCOC[C@H]3CO4)c12. The highest BCUT2D eigenvalue weighted by Crippen LogP contribution is 2.48. The minimum atomic E-state index is -0.929. The van der Waals surface area contributed by atoms with Crippen molar-refractivity contribution in [2.75, 3.05) is 51.0 Å². The smallest absolute Gasteiger partial charge is 0.319 e. The van der Waals surface area contributed by atoms with Gasteiger partial charge in [0, 0.05) is 42.6 Å². The number of halogens is 3. The minimum absolute atomic E-state index is 0.0207. The quantitative estimate of drug-likeness (QED) is 0.289. The van der Waals surface area contributed by atoms with Crippen LogP contribution in [0.2, 0.25) is 0 Å². The van der Waals surface area contributed by atoms with Crippen LogP contribution < -0.4 is 14.4 Å². The predicted molar refractivity (Wildman–Crippen MR) is 167 cm³/mol. The van der Waals surface area contributed by atoms with Crippen LogP contribution in [0.15, 0.2) is 24.3 Å². The molecule has 1 N–H and O–H groups in total. The summed E-state index contributed by atoms with van der Waals surface area (Å²) in [7, 11) is 0. The molecule has 0 unspecified atom stereocenters. The number of terminal acetylenes is 1. The Bertz CT molecular complexity index is 1950. The Hall–Kier alpha value is -4.27. The molecule has 1 aromatic heterocycles. The molecule has 8 nitrogen and oxygen atoms in total. The largest absolute Gasteiger partial charge is 0.508 e. The van der Waals surface area contributed by atoms with Gasteiger partial charge in [0.25, 0.3) is 0 Å². The van der Waals surface area contributed by atoms with E-state index >= 15 is 8.78 Å². The average Bonchev–Trinajstić information content (AvgIpc) is 3.38. The van der Waals surface area contributed by atoms with Gasteiger partial charge in [-0.2, -0.15) is 9.97 Å². The number of ether oxygens (including phenoxy) is 3. The third-order valence-electron chi connectivity index (χ3n) is 10.1. The molecule has 0 radical (unpaired) electrons. The van der Waals surface area contributed by atoms with Gasteiger partial charge in [-0.25, -0.2) is 13.2 Å². The van der Waals surface area contributed by atoms with Gasteiger partial charge in [0.15, 0.2) is 5.82 Å². The maximum atomic E-state index is 17.2. The first-order valence-corrected chi connectivity index (χ1v) is 15.7. The van der Waals surface area contributed by atoms with Crippen molar-refractivity contribution in [1.29, 1.82) is 0 Å². The fourth-order valence-electron chi connectivity index (χ4n) is 7.99. The second-order valence-electron chi connectivity index (χ2n) is 12.8. The Morgan fingerprint density at radius 2 is 2.02 bits per heavy atom. The fraction of sp³-hybridized carbons (Fsp3) is 0.429. The molecular formula is C35H33F3N4O4. The molecule has 238 valence electrons. The Morgan fingerprint density at radius 3 is 2.87 bits per heavy atom. The Labute approximate surface area is 264 Å². The van der Waals surface area contributed by atoms with Gasteiger partial charge in [0.1, 0.15) is 48.0 Å². The molecule has 0 saturated carbocycles. The zero-order valence-corrected chi connectivity index (χ0v) is 25.4. The Kier molecular flexibility index (Phi) is 6.92. The number of anilines is 1. The number of phenolic OH excluding ortho intramolecular Hbond substituents is 1. The number of nitrogens with zero attached hydrogens (tertiary/aromatic N) is 4. The first kappa shape index (κ1) is 29.2. The maximum Gasteiger partial charge on any atom is 0.319 e. The highest BCUT2D eigenvalue weighted by Gasteiger charge is 2.49. The number of alkyl halides is 1. The molecule has 4 aromatic rings. The van der Waals surface area contributed by atoms with Gasteiger partial charge in [-0.3, -0.25) is 4.90 Å². The van der Waals surface area contributed by atoms with Gasteiger partial charge in [-0.05, 0) is 61.9 Å². The molecule has 8 rings (SSSR count). The van der Waals surface area contributed by atoms with E-state index in [4.69, 9.17) is 25.6 Å². The summed E-state index contributed by atoms with van der Waals surface area (Å²) in [6.07, 6.45) is 7.67. The minimum Gasteiger partial charge on any atom is -0.508 e. The van der Waals surface area contributed by atoms with E-state index in [1.54, 1.807) is 6.92 Å². The molecule has 3 saturated heterocycles. The van der Waals surface area contributed by atoms with E-state index in [0.717, 1.165) is 25.8 Å². The van der Waals surface area contributed by atoms with Crippen molar-refractivity contribution in [3.05, 3.63) is 47.0 Å². The topological polar surface area (TPSA) is 80.2 Å². The van der Waals surface area contributed by atoms with Crippen molar-refractivity contribution >= 4 is 27.5 Å². The first-order chi connectivity index (χ1) is 22.3. The van der Waals surface area contributed by atoms with Gasteiger partial charge in [0.2, 0.25) is 0 Å². The third kappa shape index (κ3) is 4.45. The average molecular weight is 631 g/mol. The summed E-state index contributed by atoms with van der Waals surface area (Å²) in [4.78, 5) is 13.7. The maximum absolute atomic E-state index is 17.2. The number of hydrogen-bond acceptors (Lipinski definition) is 8. The van der Waals surface area contributed by atoms with Crippen LogP contribution >= 0.6 is 0 Å². The molecule has 46 heavy (non-hydrogen) atoms. The third-order valence-corrected chi connectivity index (χ3v) is 10.1. The van der Waals surface area contributed by atoms with E-state index in [1.807, 2.05) is 0 Å². The van der Waals surface area contributed by atoms with Crippen LogP contribution in [0, 0.1) is 30.9 Å². The number of rotatable bonds is 4. The lowest BCUT2D eigenvalue weighted by molar-refractivity contribution is 0.107. The normalized spacial score (nSPS) is 24.3. The molecule has 4 aliphatic rings. The molecule has 0 amide bonds. The van der Waals surface area contributed by atoms with Crippen LogP contribution in [0.4, 0.5) is 19.0 Å². The van der Waals surface area contributed by atoms with Crippen molar-refractivity contribution in [1.82, 2.24) is 14.9 Å². The van der Waals surface area contributed by atoms with Crippen LogP contribution in [0.5, 0.6) is 17.5 Å². The van der Waals surface area contributed by atoms with E-state index < -0.39 is 23.3 Å². The summed E-state index contributed by atoms with van der Waals surface area (Å²) in [6.45, 7) is 4.89. The number of fused-ring (bicyclic) bond motifs is 4. The zero-order chi connectivity index (χ0) is 31.7. The Morgan fingerprint density at radius 1 is 1.15 bits per heavy atom. The van der Waals surface area contributed by atoms with Crippen LogP contribution in [0.25, 0.3) is 32.8 Å². The van der Waals surface area contributed by atoms with Crippen molar-refractivity contribution in [3.8, 4) is 41.0 Å². The number of benzene rings is 3. The van der Waals surface area contributed by atoms with E-state index in [1.165, 1.54) is 24.3 Å². The standard InChI is InChI=1S/C35H33F3N4O4/c1-3-24-26(37)7-6-20-12-23(43)13-25(28(20)24)27-19(2)32-29-31(30(27)38)39-34(46-18-35-8-4-9-41(35)15-21(36)14-35)40-33(29)42-10-5-11-44-16-22(42)17-45-32/h1,6-7,12-13,21-22,43H,4-5,8-11,14-18H2,2H3/t21-,22+,35+/m1/s1. The number of aromatic hydroxyl groups is 1. The summed E-state index contributed by atoms with van der Waals surface area (Å²) >= 11 is 0. The van der Waals surface area contributed by atoms with Crippen LogP contribution in [-0.4, -0.2) is 83.8 Å². The molecule has 3 aromatic carbocycles. The summed E-state index contributed by atoms with van der Waals surface area (Å²) in [5.41, 5.74) is 0.190. The zero-order valence-electron chi connectivity index (χ0n) is 25.4. The van der Waals surface area contributed by atoms with Crippen molar-refractivity contribution in [2.45, 2.75) is 50.4 Å². The van der Waals surface area contributed by atoms with Gasteiger partial charge in [0.05, 0.1) is 29.1 Å². The van der Waals surface area contributed by atoms with Gasteiger partial charge in [-0.1, -0.05) is 12.0 Å². The highest BCUT2D eigenvalue weighted by atomic mass is 19.1. The molecule has 4 aliphatic heterocycles. The summed E-state index contributed by atoms with van der Waals surface area (Å²) in [5.74, 6) is 1.79. The molecule has 0 aliphatic carbocycles. The van der Waals surface area contributed by atoms with Gasteiger partial charge >= 0.3 is 6.01 Å². The highest BCUT2D eigenvalue weighted by molar-refractivity contribution is 6.07. The van der Waals surface area contributed by atoms with Crippen molar-refractivity contribution < 1.29 is 32.5 Å². The van der Waals surface area contributed by atoms with Gasteiger partial charge < -0.3 is 24.2 Å². The number of hydrogen-bond donors (Lipinski definition) is 1. The lowest BCUT2D eigenvalue weighted by Gasteiger charge is -2.31. The molecule has 0 spiro atoms. The second-order valence-corrected chi connectivity index (χ2v) is 12.8. The lowest BCUT2D eigenvalue weighted by Crippen LogP contribution is -2.43. The van der Waals surface area contributed by atoms with E-state index in [2.05, 4.69) is 20.7 Å². The molecule has 11 heteroatoms. The summed E-state index contributed by atoms with van der Waals surface area (Å²) in [6, 6.07) is 5.34. The lowest BCUT2D eigenvalue weighted by atomic mass is 9.90. The summed E-state index contributed by atoms with van der Waals surface area (Å²) < 4.78 is 65.3. The van der Waals surface area contributed by atoms with E-state index in [9.17, 15) is 9.50 Å². The van der Waals surface area contributed by atoms with Gasteiger partial charge in [-0.15, -0.1) is 6.42 Å². The summed E-state index contributed by atoms with van der Waals surface area (Å²) in [5, 5.41) is 11.9. The van der Waals surface area contributed by atoms with Crippen molar-refractivity contribution in [2.24, 2.45) is 0 Å². The van der Waals surface area contributed by atoms with Crippen LogP contribution in [-0.2, 0) is 4.74 Å². The first-order valence-electron chi connectivity index (χ1n) is 15.7. The van der Waals surface area contributed by atoms with Crippen LogP contribution in [0.1, 0.15) is 36.8 Å². The molecule has 5 heterocycles. The molecule has 0 bridgehead atoms.